The summed E-state index contributed by atoms with van der Waals surface area (Å²) in [4.78, 5) is 11.6. The van der Waals surface area contributed by atoms with Crippen molar-refractivity contribution in [2.75, 3.05) is 7.11 Å². The molecule has 0 spiro atoms. The van der Waals surface area contributed by atoms with Gasteiger partial charge < -0.3 is 15.0 Å². The van der Waals surface area contributed by atoms with Gasteiger partial charge in [-0.05, 0) is 38.1 Å². The van der Waals surface area contributed by atoms with Crippen LogP contribution in [-0.4, -0.2) is 17.6 Å². The molecule has 0 saturated carbocycles. The van der Waals surface area contributed by atoms with Crippen LogP contribution in [0.15, 0.2) is 24.3 Å². The zero-order valence-corrected chi connectivity index (χ0v) is 11.9. The number of fused-ring (bicyclic) bond motifs is 1. The van der Waals surface area contributed by atoms with Gasteiger partial charge in [-0.25, -0.2) is 4.79 Å². The Morgan fingerprint density at radius 1 is 1.37 bits per heavy atom. The van der Waals surface area contributed by atoms with Gasteiger partial charge in [-0.1, -0.05) is 11.6 Å². The minimum absolute atomic E-state index is 0.185. The Balaban J connectivity index is 2.66. The molecule has 1 atom stereocenters. The topological polar surface area (TPSA) is 57.2 Å². The zero-order valence-electron chi connectivity index (χ0n) is 11.2. The molecule has 2 rings (SSSR count). The molecule has 0 aliphatic heterocycles. The van der Waals surface area contributed by atoms with E-state index in [1.54, 1.807) is 0 Å². The lowest BCUT2D eigenvalue weighted by Gasteiger charge is -2.17. The number of aromatic nitrogens is 1. The molecule has 0 bridgehead atoms. The first-order chi connectivity index (χ1) is 8.95. The average Bonchev–Trinajstić information content (AvgIpc) is 2.75. The van der Waals surface area contributed by atoms with Crippen molar-refractivity contribution in [3.8, 4) is 0 Å². The van der Waals surface area contributed by atoms with Gasteiger partial charge in [0.15, 0.2) is 0 Å². The van der Waals surface area contributed by atoms with Crippen molar-refractivity contribution in [3.05, 3.63) is 35.0 Å². The summed E-state index contributed by atoms with van der Waals surface area (Å²) in [6, 6.07) is 6.91. The second-order valence-electron chi connectivity index (χ2n) is 4.74. The van der Waals surface area contributed by atoms with Crippen LogP contribution < -0.4 is 5.73 Å². The number of carbonyl (C=O) groups is 1. The van der Waals surface area contributed by atoms with Crippen LogP contribution >= 0.6 is 11.6 Å². The summed E-state index contributed by atoms with van der Waals surface area (Å²) in [7, 11) is 1.33. The Labute approximate surface area is 117 Å². The van der Waals surface area contributed by atoms with Gasteiger partial charge in [-0.2, -0.15) is 0 Å². The van der Waals surface area contributed by atoms with Gasteiger partial charge in [-0.3, -0.25) is 0 Å². The van der Waals surface area contributed by atoms with Crippen molar-refractivity contribution in [1.82, 2.24) is 4.57 Å². The van der Waals surface area contributed by atoms with Crippen molar-refractivity contribution >= 4 is 28.5 Å². The first-order valence-corrected chi connectivity index (χ1v) is 6.47. The highest BCUT2D eigenvalue weighted by molar-refractivity contribution is 6.31. The number of halogens is 1. The van der Waals surface area contributed by atoms with E-state index in [2.05, 4.69) is 0 Å². The van der Waals surface area contributed by atoms with Gasteiger partial charge in [0.05, 0.1) is 7.11 Å². The molecule has 1 heterocycles. The number of ether oxygens (including phenoxy) is 1. The predicted molar refractivity (Wildman–Crippen MR) is 76.3 cm³/mol. The number of hydrogen-bond donors (Lipinski definition) is 1. The molecule has 5 heteroatoms. The molecule has 1 unspecified atom stereocenters. The molecular formula is C14H17ClN2O2. The van der Waals surface area contributed by atoms with Gasteiger partial charge in [0, 0.05) is 27.7 Å². The Bertz CT molecular complexity index is 619. The van der Waals surface area contributed by atoms with Crippen LogP contribution in [-0.2, 0) is 9.53 Å². The largest absolute Gasteiger partial charge is 0.468 e. The fraction of sp³-hybridized carbons (Fsp3) is 0.357. The third kappa shape index (κ3) is 2.46. The van der Waals surface area contributed by atoms with Crippen molar-refractivity contribution in [3.63, 3.8) is 0 Å². The van der Waals surface area contributed by atoms with Crippen LogP contribution in [0, 0.1) is 0 Å². The summed E-state index contributed by atoms with van der Waals surface area (Å²) in [6.07, 6.45) is 0. The molecule has 0 radical (unpaired) electrons. The minimum atomic E-state index is -0.793. The van der Waals surface area contributed by atoms with Crippen LogP contribution in [0.2, 0.25) is 5.02 Å². The number of methoxy groups -OCH3 is 1. The molecule has 0 amide bonds. The highest BCUT2D eigenvalue weighted by Crippen LogP contribution is 2.29. The standard InChI is InChI=1S/C14H17ClN2O2/c1-8(2)17-11-5-4-10(15)6-9(11)7-12(17)13(16)14(18)19-3/h4-8,13H,16H2,1-3H3. The van der Waals surface area contributed by atoms with E-state index in [4.69, 9.17) is 22.1 Å². The highest BCUT2D eigenvalue weighted by atomic mass is 35.5. The number of hydrogen-bond acceptors (Lipinski definition) is 3. The van der Waals surface area contributed by atoms with Crippen molar-refractivity contribution in [2.45, 2.75) is 25.9 Å². The Kier molecular flexibility index (Phi) is 3.83. The summed E-state index contributed by atoms with van der Waals surface area (Å²) in [6.45, 7) is 4.09. The van der Waals surface area contributed by atoms with Gasteiger partial charge >= 0.3 is 5.97 Å². The molecule has 2 aromatic rings. The van der Waals surface area contributed by atoms with Gasteiger partial charge in [-0.15, -0.1) is 0 Å². The number of carbonyl (C=O) groups excluding carboxylic acids is 1. The van der Waals surface area contributed by atoms with Crippen LogP contribution in [0.4, 0.5) is 0 Å². The summed E-state index contributed by atoms with van der Waals surface area (Å²) >= 11 is 6.00. The third-order valence-electron chi connectivity index (χ3n) is 3.12. The Morgan fingerprint density at radius 2 is 2.05 bits per heavy atom. The summed E-state index contributed by atoms with van der Waals surface area (Å²) in [5.41, 5.74) is 7.70. The van der Waals surface area contributed by atoms with Crippen LogP contribution in [0.5, 0.6) is 0 Å². The average molecular weight is 281 g/mol. The number of nitrogens with two attached hydrogens (primary N) is 1. The SMILES string of the molecule is COC(=O)C(N)c1cc2cc(Cl)ccc2n1C(C)C. The highest BCUT2D eigenvalue weighted by Gasteiger charge is 2.23. The molecule has 2 N–H and O–H groups in total. The first kappa shape index (κ1) is 13.9. The molecule has 0 aliphatic carbocycles. The van der Waals surface area contributed by atoms with E-state index < -0.39 is 12.0 Å². The smallest absolute Gasteiger partial charge is 0.328 e. The van der Waals surface area contributed by atoms with Crippen LogP contribution in [0.25, 0.3) is 10.9 Å². The maximum absolute atomic E-state index is 11.6. The molecular weight excluding hydrogens is 264 g/mol. The summed E-state index contributed by atoms with van der Waals surface area (Å²) in [5.74, 6) is -0.448. The summed E-state index contributed by atoms with van der Waals surface area (Å²) < 4.78 is 6.75. The van der Waals surface area contributed by atoms with E-state index in [1.165, 1.54) is 7.11 Å². The van der Waals surface area contributed by atoms with Crippen molar-refractivity contribution in [2.24, 2.45) is 5.73 Å². The minimum Gasteiger partial charge on any atom is -0.468 e. The molecule has 0 aliphatic rings. The van der Waals surface area contributed by atoms with Crippen molar-refractivity contribution in [1.29, 1.82) is 0 Å². The first-order valence-electron chi connectivity index (χ1n) is 6.09. The van der Waals surface area contributed by atoms with E-state index in [0.29, 0.717) is 5.02 Å². The molecule has 0 fully saturated rings. The zero-order chi connectivity index (χ0) is 14.2. The Morgan fingerprint density at radius 3 is 2.63 bits per heavy atom. The maximum Gasteiger partial charge on any atom is 0.328 e. The van der Waals surface area contributed by atoms with E-state index in [-0.39, 0.29) is 6.04 Å². The molecule has 4 nitrogen and oxygen atoms in total. The second-order valence-corrected chi connectivity index (χ2v) is 5.17. The Hall–Kier alpha value is -1.52. The lowest BCUT2D eigenvalue weighted by atomic mass is 10.2. The lowest BCUT2D eigenvalue weighted by molar-refractivity contribution is -0.142. The number of benzene rings is 1. The monoisotopic (exact) mass is 280 g/mol. The van der Waals surface area contributed by atoms with Gasteiger partial charge in [0.25, 0.3) is 0 Å². The quantitative estimate of drug-likeness (QED) is 0.879. The normalized spacial score (nSPS) is 12.9. The lowest BCUT2D eigenvalue weighted by Crippen LogP contribution is -2.25. The fourth-order valence-corrected chi connectivity index (χ4v) is 2.47. The number of esters is 1. The molecule has 0 saturated heterocycles. The summed E-state index contributed by atoms with van der Waals surface area (Å²) in [5, 5.41) is 1.63. The maximum atomic E-state index is 11.6. The van der Waals surface area contributed by atoms with Gasteiger partial charge in [0.1, 0.15) is 6.04 Å². The molecule has 1 aromatic carbocycles. The van der Waals surface area contributed by atoms with Crippen molar-refractivity contribution < 1.29 is 9.53 Å². The van der Waals surface area contributed by atoms with E-state index in [0.717, 1.165) is 16.6 Å². The third-order valence-corrected chi connectivity index (χ3v) is 3.36. The van der Waals surface area contributed by atoms with Gasteiger partial charge in [0.2, 0.25) is 0 Å². The van der Waals surface area contributed by atoms with Crippen LogP contribution in [0.3, 0.4) is 0 Å². The number of nitrogens with zero attached hydrogens (tertiary/aromatic N) is 1. The van der Waals surface area contributed by atoms with E-state index in [1.807, 2.05) is 42.7 Å². The second kappa shape index (κ2) is 5.23. The number of rotatable bonds is 3. The van der Waals surface area contributed by atoms with Crippen LogP contribution in [0.1, 0.15) is 31.6 Å². The fourth-order valence-electron chi connectivity index (χ4n) is 2.29. The molecule has 19 heavy (non-hydrogen) atoms. The molecule has 1 aromatic heterocycles. The predicted octanol–water partition coefficient (Wildman–Crippen LogP) is 3.05. The van der Waals surface area contributed by atoms with E-state index in [9.17, 15) is 4.79 Å². The molecule has 102 valence electrons. The van der Waals surface area contributed by atoms with E-state index >= 15 is 0 Å².